The maximum absolute atomic E-state index is 12.0. The number of nitrogens with two attached hydrogens (primary N) is 1. The molecule has 1 aromatic rings. The van der Waals surface area contributed by atoms with Crippen LogP contribution in [0.15, 0.2) is 30.3 Å². The van der Waals surface area contributed by atoms with Gasteiger partial charge in [-0.05, 0) is 43.0 Å². The SMILES string of the molecule is Cc1ccccc1/C=C/C(=O)N1CCC(CN)C1. The van der Waals surface area contributed by atoms with E-state index >= 15 is 0 Å². The molecule has 1 aliphatic heterocycles. The van der Waals surface area contributed by atoms with Gasteiger partial charge >= 0.3 is 0 Å². The third-order valence-corrected chi connectivity index (χ3v) is 3.52. The highest BCUT2D eigenvalue weighted by Gasteiger charge is 2.23. The fraction of sp³-hybridized carbons (Fsp3) is 0.400. The Bertz CT molecular complexity index is 454. The van der Waals surface area contributed by atoms with E-state index in [0.717, 1.165) is 25.1 Å². The minimum absolute atomic E-state index is 0.0919. The fourth-order valence-electron chi connectivity index (χ4n) is 2.27. The zero-order chi connectivity index (χ0) is 13.0. The van der Waals surface area contributed by atoms with Crippen molar-refractivity contribution in [3.05, 3.63) is 41.5 Å². The Hall–Kier alpha value is -1.61. The van der Waals surface area contributed by atoms with Crippen LogP contribution in [0.1, 0.15) is 17.5 Å². The van der Waals surface area contributed by atoms with E-state index in [2.05, 4.69) is 0 Å². The van der Waals surface area contributed by atoms with Crippen LogP contribution in [0.2, 0.25) is 0 Å². The molecule has 1 amide bonds. The van der Waals surface area contributed by atoms with E-state index in [1.54, 1.807) is 6.08 Å². The Kier molecular flexibility index (Phi) is 4.15. The first-order chi connectivity index (χ1) is 8.70. The van der Waals surface area contributed by atoms with Crippen molar-refractivity contribution in [2.24, 2.45) is 11.7 Å². The van der Waals surface area contributed by atoms with Gasteiger partial charge in [0.05, 0.1) is 0 Å². The molecule has 1 atom stereocenters. The molecule has 1 unspecified atom stereocenters. The predicted molar refractivity (Wildman–Crippen MR) is 74.0 cm³/mol. The van der Waals surface area contributed by atoms with Gasteiger partial charge in [-0.3, -0.25) is 4.79 Å². The van der Waals surface area contributed by atoms with Crippen molar-refractivity contribution < 1.29 is 4.79 Å². The molecule has 0 aliphatic carbocycles. The number of amides is 1. The van der Waals surface area contributed by atoms with Gasteiger partial charge in [0.2, 0.25) is 5.91 Å². The fourth-order valence-corrected chi connectivity index (χ4v) is 2.27. The van der Waals surface area contributed by atoms with Gasteiger partial charge in [0.15, 0.2) is 0 Å². The van der Waals surface area contributed by atoms with Crippen LogP contribution in [0.3, 0.4) is 0 Å². The molecule has 0 spiro atoms. The third-order valence-electron chi connectivity index (χ3n) is 3.52. The lowest BCUT2D eigenvalue weighted by Gasteiger charge is -2.13. The normalized spacial score (nSPS) is 19.7. The molecule has 0 aromatic heterocycles. The second-order valence-corrected chi connectivity index (χ2v) is 4.86. The Labute approximate surface area is 108 Å². The van der Waals surface area contributed by atoms with E-state index in [4.69, 9.17) is 5.73 Å². The molecule has 1 fully saturated rings. The molecule has 1 aromatic carbocycles. The number of carbonyl (C=O) groups excluding carboxylic acids is 1. The molecule has 1 heterocycles. The number of benzene rings is 1. The molecule has 0 bridgehead atoms. The highest BCUT2D eigenvalue weighted by molar-refractivity contribution is 5.92. The molecular weight excluding hydrogens is 224 g/mol. The summed E-state index contributed by atoms with van der Waals surface area (Å²) in [6.45, 7) is 4.35. The topological polar surface area (TPSA) is 46.3 Å². The second kappa shape index (κ2) is 5.83. The summed E-state index contributed by atoms with van der Waals surface area (Å²) in [7, 11) is 0. The molecule has 0 saturated carbocycles. The summed E-state index contributed by atoms with van der Waals surface area (Å²) >= 11 is 0. The van der Waals surface area contributed by atoms with Crippen LogP contribution in [0.25, 0.3) is 6.08 Å². The van der Waals surface area contributed by atoms with Crippen molar-refractivity contribution in [2.75, 3.05) is 19.6 Å². The summed E-state index contributed by atoms with van der Waals surface area (Å²) in [4.78, 5) is 13.9. The van der Waals surface area contributed by atoms with Crippen molar-refractivity contribution in [1.82, 2.24) is 4.90 Å². The molecule has 1 aliphatic rings. The van der Waals surface area contributed by atoms with E-state index in [1.807, 2.05) is 42.2 Å². The lowest BCUT2D eigenvalue weighted by Crippen LogP contribution is -2.28. The minimum Gasteiger partial charge on any atom is -0.339 e. The summed E-state index contributed by atoms with van der Waals surface area (Å²) in [5.74, 6) is 0.565. The number of hydrogen-bond donors (Lipinski definition) is 1. The van der Waals surface area contributed by atoms with E-state index in [-0.39, 0.29) is 5.91 Å². The lowest BCUT2D eigenvalue weighted by atomic mass is 10.1. The first-order valence-electron chi connectivity index (χ1n) is 6.43. The second-order valence-electron chi connectivity index (χ2n) is 4.86. The summed E-state index contributed by atoms with van der Waals surface area (Å²) in [6, 6.07) is 8.05. The summed E-state index contributed by atoms with van der Waals surface area (Å²) in [5.41, 5.74) is 7.91. The van der Waals surface area contributed by atoms with Crippen LogP contribution in [-0.2, 0) is 4.79 Å². The van der Waals surface area contributed by atoms with Crippen LogP contribution < -0.4 is 5.73 Å². The Morgan fingerprint density at radius 3 is 2.94 bits per heavy atom. The van der Waals surface area contributed by atoms with E-state index in [1.165, 1.54) is 5.56 Å². The molecule has 3 nitrogen and oxygen atoms in total. The largest absolute Gasteiger partial charge is 0.339 e. The minimum atomic E-state index is 0.0919. The van der Waals surface area contributed by atoms with Crippen LogP contribution >= 0.6 is 0 Å². The van der Waals surface area contributed by atoms with Gasteiger partial charge < -0.3 is 10.6 Å². The number of aryl methyl sites for hydroxylation is 1. The molecule has 2 rings (SSSR count). The van der Waals surface area contributed by atoms with Crippen LogP contribution in [0.5, 0.6) is 0 Å². The molecule has 18 heavy (non-hydrogen) atoms. The van der Waals surface area contributed by atoms with Crippen LogP contribution in [0, 0.1) is 12.8 Å². The highest BCUT2D eigenvalue weighted by atomic mass is 16.2. The van der Waals surface area contributed by atoms with Crippen molar-refractivity contribution in [3.8, 4) is 0 Å². The molecule has 3 heteroatoms. The molecule has 96 valence electrons. The smallest absolute Gasteiger partial charge is 0.246 e. The third kappa shape index (κ3) is 2.99. The van der Waals surface area contributed by atoms with Crippen molar-refractivity contribution >= 4 is 12.0 Å². The van der Waals surface area contributed by atoms with Crippen LogP contribution in [0.4, 0.5) is 0 Å². The average molecular weight is 244 g/mol. The first kappa shape index (κ1) is 12.8. The van der Waals surface area contributed by atoms with E-state index < -0.39 is 0 Å². The van der Waals surface area contributed by atoms with E-state index in [9.17, 15) is 4.79 Å². The van der Waals surface area contributed by atoms with Gasteiger partial charge in [-0.15, -0.1) is 0 Å². The first-order valence-corrected chi connectivity index (χ1v) is 6.43. The van der Waals surface area contributed by atoms with Gasteiger partial charge in [-0.25, -0.2) is 0 Å². The maximum Gasteiger partial charge on any atom is 0.246 e. The van der Waals surface area contributed by atoms with Gasteiger partial charge in [0.25, 0.3) is 0 Å². The summed E-state index contributed by atoms with van der Waals surface area (Å²) in [5, 5.41) is 0. The average Bonchev–Trinajstić information content (AvgIpc) is 2.86. The summed E-state index contributed by atoms with van der Waals surface area (Å²) < 4.78 is 0. The monoisotopic (exact) mass is 244 g/mol. The van der Waals surface area contributed by atoms with Gasteiger partial charge in [-0.1, -0.05) is 24.3 Å². The lowest BCUT2D eigenvalue weighted by molar-refractivity contribution is -0.125. The van der Waals surface area contributed by atoms with Crippen molar-refractivity contribution in [1.29, 1.82) is 0 Å². The van der Waals surface area contributed by atoms with Crippen LogP contribution in [-0.4, -0.2) is 30.4 Å². The molecule has 1 saturated heterocycles. The Balaban J connectivity index is 1.98. The standard InChI is InChI=1S/C15H20N2O/c1-12-4-2-3-5-14(12)6-7-15(18)17-9-8-13(10-16)11-17/h2-7,13H,8-11,16H2,1H3/b7-6+. The van der Waals surface area contributed by atoms with Crippen molar-refractivity contribution in [3.63, 3.8) is 0 Å². The number of rotatable bonds is 3. The highest BCUT2D eigenvalue weighted by Crippen LogP contribution is 2.16. The molecule has 2 N–H and O–H groups in total. The number of likely N-dealkylation sites (tertiary alicyclic amines) is 1. The number of carbonyl (C=O) groups is 1. The maximum atomic E-state index is 12.0. The Morgan fingerprint density at radius 2 is 2.28 bits per heavy atom. The quantitative estimate of drug-likeness (QED) is 0.824. The van der Waals surface area contributed by atoms with Gasteiger partial charge in [-0.2, -0.15) is 0 Å². The predicted octanol–water partition coefficient (Wildman–Crippen LogP) is 1.82. The van der Waals surface area contributed by atoms with Gasteiger partial charge in [0.1, 0.15) is 0 Å². The van der Waals surface area contributed by atoms with Crippen molar-refractivity contribution in [2.45, 2.75) is 13.3 Å². The van der Waals surface area contributed by atoms with Gasteiger partial charge in [0, 0.05) is 19.2 Å². The zero-order valence-corrected chi connectivity index (χ0v) is 10.8. The number of nitrogens with zero attached hydrogens (tertiary/aromatic N) is 1. The molecular formula is C15H20N2O. The Morgan fingerprint density at radius 1 is 1.50 bits per heavy atom. The number of hydrogen-bond acceptors (Lipinski definition) is 2. The molecule has 0 radical (unpaired) electrons. The van der Waals surface area contributed by atoms with E-state index in [0.29, 0.717) is 12.5 Å². The zero-order valence-electron chi connectivity index (χ0n) is 10.8. The summed E-state index contributed by atoms with van der Waals surface area (Å²) in [6.07, 6.45) is 4.59.